The van der Waals surface area contributed by atoms with Crippen LogP contribution in [0.25, 0.3) is 0 Å². The zero-order chi connectivity index (χ0) is 14.3. The van der Waals surface area contributed by atoms with Gasteiger partial charge < -0.3 is 15.7 Å². The van der Waals surface area contributed by atoms with Crippen LogP contribution < -0.4 is 10.6 Å². The van der Waals surface area contributed by atoms with E-state index in [0.29, 0.717) is 19.5 Å². The highest BCUT2D eigenvalue weighted by molar-refractivity contribution is 5.74. The van der Waals surface area contributed by atoms with Gasteiger partial charge in [-0.05, 0) is 12.0 Å². The molecule has 0 saturated heterocycles. The van der Waals surface area contributed by atoms with E-state index >= 15 is 0 Å². The number of rotatable bonds is 7. The SMILES string of the molecule is CCC(CNC(=O)NCc1ccnn1C)CC(=O)O. The second-order valence-electron chi connectivity index (χ2n) is 4.38. The number of nitrogens with zero attached hydrogens (tertiary/aromatic N) is 2. The summed E-state index contributed by atoms with van der Waals surface area (Å²) < 4.78 is 1.68. The van der Waals surface area contributed by atoms with E-state index in [1.807, 2.05) is 13.0 Å². The minimum atomic E-state index is -0.844. The fourth-order valence-electron chi connectivity index (χ4n) is 1.65. The Kier molecular flexibility index (Phi) is 5.84. The first-order valence-electron chi connectivity index (χ1n) is 6.23. The molecule has 106 valence electrons. The molecule has 2 amide bonds. The molecule has 1 heterocycles. The molecule has 3 N–H and O–H groups in total. The molecular formula is C12H20N4O3. The number of carboxylic acids is 1. The highest BCUT2D eigenvalue weighted by Gasteiger charge is 2.12. The van der Waals surface area contributed by atoms with Crippen LogP contribution in [0.1, 0.15) is 25.5 Å². The molecule has 0 saturated carbocycles. The standard InChI is InChI=1S/C12H20N4O3/c1-3-9(6-11(17)18)7-13-12(19)14-8-10-4-5-15-16(10)2/h4-5,9H,3,6-8H2,1-2H3,(H,17,18)(H2,13,14,19). The molecule has 7 heteroatoms. The van der Waals surface area contributed by atoms with E-state index in [0.717, 1.165) is 5.69 Å². The van der Waals surface area contributed by atoms with Gasteiger partial charge in [-0.1, -0.05) is 13.3 Å². The molecule has 0 aliphatic rings. The Morgan fingerprint density at radius 3 is 2.74 bits per heavy atom. The molecule has 0 radical (unpaired) electrons. The minimum Gasteiger partial charge on any atom is -0.481 e. The van der Waals surface area contributed by atoms with E-state index in [1.54, 1.807) is 17.9 Å². The van der Waals surface area contributed by atoms with Crippen molar-refractivity contribution in [2.45, 2.75) is 26.3 Å². The lowest BCUT2D eigenvalue weighted by atomic mass is 10.0. The summed E-state index contributed by atoms with van der Waals surface area (Å²) in [6.07, 6.45) is 2.45. The minimum absolute atomic E-state index is 0.0417. The summed E-state index contributed by atoms with van der Waals surface area (Å²) in [5.74, 6) is -0.885. The third kappa shape index (κ3) is 5.41. The second-order valence-corrected chi connectivity index (χ2v) is 4.38. The summed E-state index contributed by atoms with van der Waals surface area (Å²) >= 11 is 0. The highest BCUT2D eigenvalue weighted by atomic mass is 16.4. The first-order chi connectivity index (χ1) is 9.02. The Labute approximate surface area is 112 Å². The molecule has 19 heavy (non-hydrogen) atoms. The van der Waals surface area contributed by atoms with E-state index in [9.17, 15) is 9.59 Å². The third-order valence-corrected chi connectivity index (χ3v) is 2.94. The van der Waals surface area contributed by atoms with Gasteiger partial charge in [-0.25, -0.2) is 4.79 Å². The summed E-state index contributed by atoms with van der Waals surface area (Å²) in [5, 5.41) is 18.1. The monoisotopic (exact) mass is 268 g/mol. The van der Waals surface area contributed by atoms with Crippen molar-refractivity contribution in [2.75, 3.05) is 6.54 Å². The Morgan fingerprint density at radius 2 is 2.21 bits per heavy atom. The molecule has 1 aromatic heterocycles. The van der Waals surface area contributed by atoms with E-state index in [-0.39, 0.29) is 18.4 Å². The number of amides is 2. The van der Waals surface area contributed by atoms with Crippen molar-refractivity contribution in [1.82, 2.24) is 20.4 Å². The predicted molar refractivity (Wildman–Crippen MR) is 69.5 cm³/mol. The van der Waals surface area contributed by atoms with Gasteiger partial charge in [0.2, 0.25) is 0 Å². The number of nitrogens with one attached hydrogen (secondary N) is 2. The van der Waals surface area contributed by atoms with Gasteiger partial charge in [0.25, 0.3) is 0 Å². The Bertz CT molecular complexity index is 430. The highest BCUT2D eigenvalue weighted by Crippen LogP contribution is 2.06. The molecule has 1 rings (SSSR count). The molecule has 1 unspecified atom stereocenters. The van der Waals surface area contributed by atoms with Crippen molar-refractivity contribution in [1.29, 1.82) is 0 Å². The van der Waals surface area contributed by atoms with Crippen LogP contribution in [0, 0.1) is 5.92 Å². The van der Waals surface area contributed by atoms with Crippen LogP contribution in [0.5, 0.6) is 0 Å². The number of urea groups is 1. The number of carboxylic acid groups (broad SMARTS) is 1. The molecule has 0 aliphatic carbocycles. The average Bonchev–Trinajstić information content (AvgIpc) is 2.77. The fourth-order valence-corrected chi connectivity index (χ4v) is 1.65. The van der Waals surface area contributed by atoms with Gasteiger partial charge in [-0.2, -0.15) is 5.10 Å². The van der Waals surface area contributed by atoms with Gasteiger partial charge >= 0.3 is 12.0 Å². The lowest BCUT2D eigenvalue weighted by Crippen LogP contribution is -2.38. The van der Waals surface area contributed by atoms with Crippen molar-refractivity contribution in [3.05, 3.63) is 18.0 Å². The maximum Gasteiger partial charge on any atom is 0.315 e. The molecule has 0 fully saturated rings. The van der Waals surface area contributed by atoms with Crippen molar-refractivity contribution in [3.63, 3.8) is 0 Å². The molecule has 7 nitrogen and oxygen atoms in total. The number of hydrogen-bond acceptors (Lipinski definition) is 3. The van der Waals surface area contributed by atoms with Gasteiger partial charge in [-0.3, -0.25) is 9.48 Å². The number of hydrogen-bond donors (Lipinski definition) is 3. The lowest BCUT2D eigenvalue weighted by molar-refractivity contribution is -0.138. The molecule has 0 aromatic carbocycles. The molecular weight excluding hydrogens is 248 g/mol. The Balaban J connectivity index is 2.27. The van der Waals surface area contributed by atoms with Gasteiger partial charge in [0.15, 0.2) is 0 Å². The fraction of sp³-hybridized carbons (Fsp3) is 0.583. The topological polar surface area (TPSA) is 96.3 Å². The van der Waals surface area contributed by atoms with Gasteiger partial charge in [0.05, 0.1) is 12.2 Å². The Hall–Kier alpha value is -2.05. The van der Waals surface area contributed by atoms with Crippen LogP contribution in [0.3, 0.4) is 0 Å². The normalized spacial score (nSPS) is 11.9. The first-order valence-corrected chi connectivity index (χ1v) is 6.23. The summed E-state index contributed by atoms with van der Waals surface area (Å²) in [6, 6.07) is 1.52. The van der Waals surface area contributed by atoms with Crippen molar-refractivity contribution in [3.8, 4) is 0 Å². The second kappa shape index (κ2) is 7.40. The summed E-state index contributed by atoms with van der Waals surface area (Å²) in [5.41, 5.74) is 0.896. The number of carbonyl (C=O) groups excluding carboxylic acids is 1. The van der Waals surface area contributed by atoms with Crippen molar-refractivity contribution < 1.29 is 14.7 Å². The van der Waals surface area contributed by atoms with E-state index < -0.39 is 5.97 Å². The smallest absolute Gasteiger partial charge is 0.315 e. The zero-order valence-corrected chi connectivity index (χ0v) is 11.2. The number of aromatic nitrogens is 2. The molecule has 1 aromatic rings. The number of carbonyl (C=O) groups is 2. The predicted octanol–water partition coefficient (Wildman–Crippen LogP) is 0.720. The molecule has 0 aliphatic heterocycles. The van der Waals surface area contributed by atoms with Gasteiger partial charge in [-0.15, -0.1) is 0 Å². The van der Waals surface area contributed by atoms with Crippen LogP contribution in [0.2, 0.25) is 0 Å². The summed E-state index contributed by atoms with van der Waals surface area (Å²) in [6.45, 7) is 2.65. The maximum atomic E-state index is 11.6. The van der Waals surface area contributed by atoms with Crippen molar-refractivity contribution >= 4 is 12.0 Å². The van der Waals surface area contributed by atoms with Crippen LogP contribution in [0.15, 0.2) is 12.3 Å². The first kappa shape index (κ1) is 15.0. The van der Waals surface area contributed by atoms with Crippen LogP contribution in [0.4, 0.5) is 4.79 Å². The zero-order valence-electron chi connectivity index (χ0n) is 11.2. The van der Waals surface area contributed by atoms with Crippen LogP contribution in [-0.4, -0.2) is 33.4 Å². The number of aryl methyl sites for hydroxylation is 1. The lowest BCUT2D eigenvalue weighted by Gasteiger charge is -2.14. The largest absolute Gasteiger partial charge is 0.481 e. The van der Waals surface area contributed by atoms with Crippen LogP contribution >= 0.6 is 0 Å². The average molecular weight is 268 g/mol. The third-order valence-electron chi connectivity index (χ3n) is 2.94. The van der Waals surface area contributed by atoms with Crippen LogP contribution in [-0.2, 0) is 18.4 Å². The molecule has 1 atom stereocenters. The van der Waals surface area contributed by atoms with Gasteiger partial charge in [0.1, 0.15) is 0 Å². The van der Waals surface area contributed by atoms with E-state index in [2.05, 4.69) is 15.7 Å². The maximum absolute atomic E-state index is 11.6. The summed E-state index contributed by atoms with van der Waals surface area (Å²) in [4.78, 5) is 22.2. The summed E-state index contributed by atoms with van der Waals surface area (Å²) in [7, 11) is 1.80. The van der Waals surface area contributed by atoms with Gasteiger partial charge in [0, 0.05) is 26.2 Å². The quantitative estimate of drug-likeness (QED) is 0.679. The number of aliphatic carboxylic acids is 1. The Morgan fingerprint density at radius 1 is 1.47 bits per heavy atom. The van der Waals surface area contributed by atoms with Crippen molar-refractivity contribution in [2.24, 2.45) is 13.0 Å². The van der Waals surface area contributed by atoms with E-state index in [4.69, 9.17) is 5.11 Å². The van der Waals surface area contributed by atoms with E-state index in [1.165, 1.54) is 0 Å². The molecule has 0 bridgehead atoms. The molecule has 0 spiro atoms.